The molecule has 3 rings (SSSR count). The molecule has 2 saturated heterocycles. The van der Waals surface area contributed by atoms with Gasteiger partial charge in [-0.3, -0.25) is 9.69 Å². The van der Waals surface area contributed by atoms with Gasteiger partial charge in [-0.25, -0.2) is 0 Å². The Morgan fingerprint density at radius 2 is 2.00 bits per heavy atom. The topological polar surface area (TPSA) is 44.4 Å². The van der Waals surface area contributed by atoms with Gasteiger partial charge in [0, 0.05) is 18.5 Å². The Balaban J connectivity index is 0.00000208. The second-order valence-electron chi connectivity index (χ2n) is 6.99. The Bertz CT molecular complexity index is 505. The number of piperidine rings is 1. The van der Waals surface area contributed by atoms with Crippen molar-refractivity contribution >= 4 is 18.3 Å². The van der Waals surface area contributed by atoms with Crippen molar-refractivity contribution in [1.82, 2.24) is 15.5 Å². The summed E-state index contributed by atoms with van der Waals surface area (Å²) in [5.74, 6) is 0.403. The van der Waals surface area contributed by atoms with Crippen molar-refractivity contribution in [3.8, 4) is 0 Å². The molecule has 1 amide bonds. The Labute approximate surface area is 151 Å². The molecule has 2 N–H and O–H groups in total. The monoisotopic (exact) mass is 351 g/mol. The third-order valence-corrected chi connectivity index (χ3v) is 5.23. The molecule has 0 saturated carbocycles. The van der Waals surface area contributed by atoms with Crippen LogP contribution in [0.1, 0.15) is 44.2 Å². The Kier molecular flexibility index (Phi) is 7.53. The van der Waals surface area contributed by atoms with Crippen LogP contribution < -0.4 is 10.6 Å². The number of carbonyl (C=O) groups is 1. The van der Waals surface area contributed by atoms with E-state index in [0.717, 1.165) is 39.0 Å². The summed E-state index contributed by atoms with van der Waals surface area (Å²) >= 11 is 0. The summed E-state index contributed by atoms with van der Waals surface area (Å²) in [5, 5.41) is 6.65. The van der Waals surface area contributed by atoms with Gasteiger partial charge in [0.05, 0.1) is 6.04 Å². The molecule has 2 aliphatic rings. The lowest BCUT2D eigenvalue weighted by atomic mass is 9.92. The first-order valence-electron chi connectivity index (χ1n) is 9.04. The van der Waals surface area contributed by atoms with E-state index in [9.17, 15) is 4.79 Å². The fraction of sp³-hybridized carbons (Fsp3) is 0.632. The molecule has 4 nitrogen and oxygen atoms in total. The van der Waals surface area contributed by atoms with Crippen LogP contribution in [0.3, 0.4) is 0 Å². The van der Waals surface area contributed by atoms with Crippen LogP contribution in [-0.4, -0.2) is 43.0 Å². The number of rotatable bonds is 5. The van der Waals surface area contributed by atoms with Gasteiger partial charge in [0.25, 0.3) is 0 Å². The zero-order valence-corrected chi connectivity index (χ0v) is 15.4. The zero-order valence-electron chi connectivity index (χ0n) is 14.5. The second kappa shape index (κ2) is 9.40. The molecule has 0 aliphatic carbocycles. The van der Waals surface area contributed by atoms with Gasteiger partial charge < -0.3 is 10.6 Å². The lowest BCUT2D eigenvalue weighted by Crippen LogP contribution is -2.44. The molecule has 2 heterocycles. The van der Waals surface area contributed by atoms with Crippen molar-refractivity contribution in [2.24, 2.45) is 5.92 Å². The highest BCUT2D eigenvalue weighted by atomic mass is 35.5. The number of halogens is 1. The molecule has 134 valence electrons. The minimum absolute atomic E-state index is 0. The number of likely N-dealkylation sites (tertiary alicyclic amines) is 1. The molecular formula is C19H30ClN3O. The van der Waals surface area contributed by atoms with E-state index in [-0.39, 0.29) is 24.2 Å². The van der Waals surface area contributed by atoms with Crippen LogP contribution in [0.25, 0.3) is 0 Å². The van der Waals surface area contributed by atoms with Crippen LogP contribution in [0.4, 0.5) is 0 Å². The molecule has 0 aromatic heterocycles. The number of benzene rings is 1. The third kappa shape index (κ3) is 4.95. The average Bonchev–Trinajstić information content (AvgIpc) is 3.10. The van der Waals surface area contributed by atoms with Gasteiger partial charge in [0.1, 0.15) is 0 Å². The van der Waals surface area contributed by atoms with Gasteiger partial charge in [0.2, 0.25) is 5.91 Å². The maximum atomic E-state index is 12.5. The van der Waals surface area contributed by atoms with Gasteiger partial charge >= 0.3 is 0 Å². The van der Waals surface area contributed by atoms with Crippen LogP contribution in [0.2, 0.25) is 0 Å². The predicted molar refractivity (Wildman–Crippen MR) is 100 cm³/mol. The van der Waals surface area contributed by atoms with Crippen molar-refractivity contribution in [3.05, 3.63) is 35.9 Å². The maximum absolute atomic E-state index is 12.5. The maximum Gasteiger partial charge on any atom is 0.223 e. The molecule has 1 aromatic carbocycles. The molecule has 1 aromatic rings. The quantitative estimate of drug-likeness (QED) is 0.857. The first kappa shape index (κ1) is 19.2. The van der Waals surface area contributed by atoms with Crippen LogP contribution in [0.5, 0.6) is 0 Å². The molecule has 0 spiro atoms. The first-order chi connectivity index (χ1) is 11.2. The van der Waals surface area contributed by atoms with Gasteiger partial charge in [-0.1, -0.05) is 30.3 Å². The van der Waals surface area contributed by atoms with Gasteiger partial charge in [0.15, 0.2) is 0 Å². The highest BCUT2D eigenvalue weighted by Gasteiger charge is 2.27. The van der Waals surface area contributed by atoms with Crippen LogP contribution in [-0.2, 0) is 4.79 Å². The van der Waals surface area contributed by atoms with Crippen molar-refractivity contribution in [3.63, 3.8) is 0 Å². The van der Waals surface area contributed by atoms with E-state index in [1.807, 2.05) is 0 Å². The van der Waals surface area contributed by atoms with Gasteiger partial charge in [-0.2, -0.15) is 0 Å². The number of nitrogens with zero attached hydrogens (tertiary/aromatic N) is 1. The lowest BCUT2D eigenvalue weighted by molar-refractivity contribution is -0.126. The predicted octanol–water partition coefficient (Wildman–Crippen LogP) is 2.75. The smallest absolute Gasteiger partial charge is 0.223 e. The fourth-order valence-electron chi connectivity index (χ4n) is 3.90. The van der Waals surface area contributed by atoms with E-state index in [2.05, 4.69) is 52.8 Å². The van der Waals surface area contributed by atoms with E-state index in [1.165, 1.54) is 18.4 Å². The van der Waals surface area contributed by atoms with Crippen LogP contribution in [0.15, 0.2) is 30.3 Å². The number of nitrogens with one attached hydrogen (secondary N) is 2. The highest BCUT2D eigenvalue weighted by Crippen LogP contribution is 2.25. The molecular weight excluding hydrogens is 322 g/mol. The summed E-state index contributed by atoms with van der Waals surface area (Å²) in [6.07, 6.45) is 4.44. The SMILES string of the molecule is C[C@H]1C[C@@H](C(=O)NCC(c2ccccc2)N2CCCC2)CCN1.Cl. The summed E-state index contributed by atoms with van der Waals surface area (Å²) in [6.45, 7) is 6.12. The minimum Gasteiger partial charge on any atom is -0.354 e. The van der Waals surface area contributed by atoms with Crippen molar-refractivity contribution in [2.75, 3.05) is 26.2 Å². The van der Waals surface area contributed by atoms with Gasteiger partial charge in [-0.15, -0.1) is 12.4 Å². The van der Waals surface area contributed by atoms with E-state index in [4.69, 9.17) is 0 Å². The van der Waals surface area contributed by atoms with E-state index in [0.29, 0.717) is 12.1 Å². The number of hydrogen-bond donors (Lipinski definition) is 2. The highest BCUT2D eigenvalue weighted by molar-refractivity contribution is 5.85. The second-order valence-corrected chi connectivity index (χ2v) is 6.99. The molecule has 0 radical (unpaired) electrons. The number of hydrogen-bond acceptors (Lipinski definition) is 3. The molecule has 2 aliphatic heterocycles. The molecule has 3 atom stereocenters. The molecule has 1 unspecified atom stereocenters. The lowest BCUT2D eigenvalue weighted by Gasteiger charge is -2.30. The van der Waals surface area contributed by atoms with E-state index in [1.54, 1.807) is 0 Å². The fourth-order valence-corrected chi connectivity index (χ4v) is 3.90. The van der Waals surface area contributed by atoms with E-state index >= 15 is 0 Å². The van der Waals surface area contributed by atoms with Crippen molar-refractivity contribution < 1.29 is 4.79 Å². The zero-order chi connectivity index (χ0) is 16.1. The van der Waals surface area contributed by atoms with Gasteiger partial charge in [-0.05, 0) is 57.8 Å². The van der Waals surface area contributed by atoms with Crippen molar-refractivity contribution in [2.45, 2.75) is 44.7 Å². The van der Waals surface area contributed by atoms with Crippen LogP contribution in [0, 0.1) is 5.92 Å². The molecule has 0 bridgehead atoms. The standard InChI is InChI=1S/C19H29N3O.ClH/c1-15-13-17(9-10-20-15)19(23)21-14-18(22-11-5-6-12-22)16-7-3-2-4-8-16;/h2-4,7-8,15,17-18,20H,5-6,9-14H2,1H3,(H,21,23);1H/t15-,17-,18?;/m0./s1. The molecule has 24 heavy (non-hydrogen) atoms. The van der Waals surface area contributed by atoms with Crippen molar-refractivity contribution in [1.29, 1.82) is 0 Å². The normalized spacial score (nSPS) is 25.7. The molecule has 2 fully saturated rings. The summed E-state index contributed by atoms with van der Waals surface area (Å²) in [5.41, 5.74) is 1.31. The summed E-state index contributed by atoms with van der Waals surface area (Å²) in [6, 6.07) is 11.4. The Morgan fingerprint density at radius 1 is 1.29 bits per heavy atom. The van der Waals surface area contributed by atoms with E-state index < -0.39 is 0 Å². The summed E-state index contributed by atoms with van der Waals surface area (Å²) in [4.78, 5) is 15.1. The largest absolute Gasteiger partial charge is 0.354 e. The minimum atomic E-state index is 0. The Hall–Kier alpha value is -1.10. The first-order valence-corrected chi connectivity index (χ1v) is 9.04. The summed E-state index contributed by atoms with van der Waals surface area (Å²) in [7, 11) is 0. The Morgan fingerprint density at radius 3 is 2.67 bits per heavy atom. The number of amides is 1. The average molecular weight is 352 g/mol. The third-order valence-electron chi connectivity index (χ3n) is 5.23. The molecule has 5 heteroatoms. The summed E-state index contributed by atoms with van der Waals surface area (Å²) < 4.78 is 0. The van der Waals surface area contributed by atoms with Crippen LogP contribution >= 0.6 is 12.4 Å². The number of carbonyl (C=O) groups excluding carboxylic acids is 1.